The van der Waals surface area contributed by atoms with E-state index in [-0.39, 0.29) is 0 Å². The molecule has 2 aromatic heterocycles. The van der Waals surface area contributed by atoms with Gasteiger partial charge < -0.3 is 5.73 Å². The Kier molecular flexibility index (Phi) is 2.15. The Morgan fingerprint density at radius 2 is 2.21 bits per heavy atom. The molecule has 0 saturated carbocycles. The van der Waals surface area contributed by atoms with E-state index in [0.29, 0.717) is 0 Å². The molecule has 0 fully saturated rings. The van der Waals surface area contributed by atoms with Crippen LogP contribution in [0.5, 0.6) is 0 Å². The molecule has 0 aliphatic rings. The topological polar surface area (TPSA) is 43.3 Å². The number of aryl methyl sites for hydroxylation is 2. The van der Waals surface area contributed by atoms with Gasteiger partial charge in [-0.15, -0.1) is 0 Å². The van der Waals surface area contributed by atoms with Crippen molar-refractivity contribution in [1.29, 1.82) is 0 Å². The Bertz CT molecular complexity index is 457. The maximum atomic E-state index is 5.97. The zero-order chi connectivity index (χ0) is 10.1. The van der Waals surface area contributed by atoms with Gasteiger partial charge in [0.05, 0.1) is 5.69 Å². The van der Waals surface area contributed by atoms with Gasteiger partial charge in [-0.3, -0.25) is 4.40 Å². The van der Waals surface area contributed by atoms with E-state index >= 15 is 0 Å². The first-order valence-electron chi connectivity index (χ1n) is 4.96. The molecule has 0 atom stereocenters. The number of fused-ring (bicyclic) bond motifs is 1. The highest BCUT2D eigenvalue weighted by molar-refractivity contribution is 5.53. The Morgan fingerprint density at radius 3 is 2.93 bits per heavy atom. The largest absolute Gasteiger partial charge is 0.383 e. The molecule has 2 aromatic rings. The quantitative estimate of drug-likeness (QED) is 0.786. The standard InChI is InChI=1S/C11H15N3/c1-3-5-9-6-4-7-10-13-8(2)11(12)14(9)10/h4,6-7H,3,5,12H2,1-2H3. The molecule has 0 bridgehead atoms. The van der Waals surface area contributed by atoms with E-state index in [1.54, 1.807) is 0 Å². The van der Waals surface area contributed by atoms with Gasteiger partial charge in [-0.1, -0.05) is 19.4 Å². The molecule has 14 heavy (non-hydrogen) atoms. The summed E-state index contributed by atoms with van der Waals surface area (Å²) >= 11 is 0. The predicted octanol–water partition coefficient (Wildman–Crippen LogP) is 2.18. The lowest BCUT2D eigenvalue weighted by molar-refractivity contribution is 0.863. The van der Waals surface area contributed by atoms with Crippen molar-refractivity contribution in [2.75, 3.05) is 5.73 Å². The van der Waals surface area contributed by atoms with E-state index in [9.17, 15) is 0 Å². The van der Waals surface area contributed by atoms with Crippen molar-refractivity contribution in [2.24, 2.45) is 0 Å². The molecule has 0 amide bonds. The summed E-state index contributed by atoms with van der Waals surface area (Å²) in [6.45, 7) is 4.11. The van der Waals surface area contributed by atoms with Crippen molar-refractivity contribution in [3.05, 3.63) is 29.6 Å². The Balaban J connectivity index is 2.71. The smallest absolute Gasteiger partial charge is 0.138 e. The summed E-state index contributed by atoms with van der Waals surface area (Å²) < 4.78 is 2.04. The zero-order valence-electron chi connectivity index (χ0n) is 8.62. The highest BCUT2D eigenvalue weighted by Gasteiger charge is 2.07. The van der Waals surface area contributed by atoms with Crippen LogP contribution in [0.4, 0.5) is 5.82 Å². The number of nitrogen functional groups attached to an aromatic ring is 1. The molecule has 0 saturated heterocycles. The molecule has 3 heteroatoms. The molecule has 2 heterocycles. The second-order valence-corrected chi connectivity index (χ2v) is 3.54. The number of hydrogen-bond acceptors (Lipinski definition) is 2. The predicted molar refractivity (Wildman–Crippen MR) is 58.3 cm³/mol. The summed E-state index contributed by atoms with van der Waals surface area (Å²) in [5.41, 5.74) is 9.07. The van der Waals surface area contributed by atoms with Gasteiger partial charge in [-0.05, 0) is 25.5 Å². The van der Waals surface area contributed by atoms with E-state index in [4.69, 9.17) is 5.73 Å². The molecule has 74 valence electrons. The maximum Gasteiger partial charge on any atom is 0.138 e. The van der Waals surface area contributed by atoms with E-state index in [0.717, 1.165) is 30.0 Å². The van der Waals surface area contributed by atoms with Crippen LogP contribution in [0.15, 0.2) is 18.2 Å². The average molecular weight is 189 g/mol. The number of nitrogens with two attached hydrogens (primary N) is 1. The highest BCUT2D eigenvalue weighted by atomic mass is 15.1. The Labute approximate surface area is 83.6 Å². The monoisotopic (exact) mass is 189 g/mol. The first-order chi connectivity index (χ1) is 6.74. The van der Waals surface area contributed by atoms with Gasteiger partial charge in [0.1, 0.15) is 11.5 Å². The molecule has 0 spiro atoms. The van der Waals surface area contributed by atoms with Gasteiger partial charge >= 0.3 is 0 Å². The summed E-state index contributed by atoms with van der Waals surface area (Å²) in [4.78, 5) is 4.39. The lowest BCUT2D eigenvalue weighted by Gasteiger charge is -2.04. The van der Waals surface area contributed by atoms with Crippen LogP contribution in [0, 0.1) is 6.92 Å². The van der Waals surface area contributed by atoms with Crippen molar-refractivity contribution in [2.45, 2.75) is 26.7 Å². The van der Waals surface area contributed by atoms with E-state index in [2.05, 4.69) is 18.0 Å². The minimum Gasteiger partial charge on any atom is -0.383 e. The van der Waals surface area contributed by atoms with Gasteiger partial charge in [-0.2, -0.15) is 0 Å². The first kappa shape index (κ1) is 9.06. The molecule has 0 aromatic carbocycles. The lowest BCUT2D eigenvalue weighted by atomic mass is 10.2. The van der Waals surface area contributed by atoms with Crippen LogP contribution in [0.25, 0.3) is 5.65 Å². The number of hydrogen-bond donors (Lipinski definition) is 1. The van der Waals surface area contributed by atoms with Gasteiger partial charge in [0.25, 0.3) is 0 Å². The van der Waals surface area contributed by atoms with Crippen molar-refractivity contribution in [3.63, 3.8) is 0 Å². The Morgan fingerprint density at radius 1 is 1.43 bits per heavy atom. The van der Waals surface area contributed by atoms with Crippen molar-refractivity contribution in [3.8, 4) is 0 Å². The van der Waals surface area contributed by atoms with Crippen LogP contribution in [-0.2, 0) is 6.42 Å². The minimum atomic E-state index is 0.768. The number of imidazole rings is 1. The Hall–Kier alpha value is -1.51. The molecular formula is C11H15N3. The van der Waals surface area contributed by atoms with E-state index < -0.39 is 0 Å². The lowest BCUT2D eigenvalue weighted by Crippen LogP contribution is -2.00. The number of rotatable bonds is 2. The maximum absolute atomic E-state index is 5.97. The van der Waals surface area contributed by atoms with Crippen LogP contribution >= 0.6 is 0 Å². The molecule has 2 rings (SSSR count). The van der Waals surface area contributed by atoms with E-state index in [1.807, 2.05) is 23.5 Å². The summed E-state index contributed by atoms with van der Waals surface area (Å²) in [7, 11) is 0. The second kappa shape index (κ2) is 3.33. The van der Waals surface area contributed by atoms with Crippen LogP contribution in [0.2, 0.25) is 0 Å². The molecule has 0 radical (unpaired) electrons. The van der Waals surface area contributed by atoms with Gasteiger partial charge in [0, 0.05) is 5.69 Å². The minimum absolute atomic E-state index is 0.768. The van der Waals surface area contributed by atoms with Crippen LogP contribution in [0.3, 0.4) is 0 Å². The molecule has 0 aliphatic heterocycles. The summed E-state index contributed by atoms with van der Waals surface area (Å²) in [5.74, 6) is 0.768. The molecule has 2 N–H and O–H groups in total. The third kappa shape index (κ3) is 1.25. The van der Waals surface area contributed by atoms with Gasteiger partial charge in [-0.25, -0.2) is 4.98 Å². The highest BCUT2D eigenvalue weighted by Crippen LogP contribution is 2.17. The average Bonchev–Trinajstić information content (AvgIpc) is 2.45. The van der Waals surface area contributed by atoms with Gasteiger partial charge in [0.15, 0.2) is 0 Å². The van der Waals surface area contributed by atoms with Crippen molar-refractivity contribution >= 4 is 11.5 Å². The summed E-state index contributed by atoms with van der Waals surface area (Å²) in [5, 5.41) is 0. The summed E-state index contributed by atoms with van der Waals surface area (Å²) in [6, 6.07) is 6.13. The fraction of sp³-hybridized carbons (Fsp3) is 0.364. The molecule has 0 aliphatic carbocycles. The number of nitrogens with zero attached hydrogens (tertiary/aromatic N) is 2. The van der Waals surface area contributed by atoms with Crippen LogP contribution in [-0.4, -0.2) is 9.38 Å². The molecule has 0 unspecified atom stereocenters. The van der Waals surface area contributed by atoms with Crippen LogP contribution < -0.4 is 5.73 Å². The number of anilines is 1. The van der Waals surface area contributed by atoms with Crippen molar-refractivity contribution in [1.82, 2.24) is 9.38 Å². The third-order valence-corrected chi connectivity index (χ3v) is 2.45. The SMILES string of the molecule is CCCc1cccc2nc(C)c(N)n12. The fourth-order valence-electron chi connectivity index (χ4n) is 1.75. The third-order valence-electron chi connectivity index (χ3n) is 2.45. The summed E-state index contributed by atoms with van der Waals surface area (Å²) in [6.07, 6.45) is 2.16. The van der Waals surface area contributed by atoms with Crippen molar-refractivity contribution < 1.29 is 0 Å². The van der Waals surface area contributed by atoms with Gasteiger partial charge in [0.2, 0.25) is 0 Å². The fourth-order valence-corrected chi connectivity index (χ4v) is 1.75. The molecule has 3 nitrogen and oxygen atoms in total. The second-order valence-electron chi connectivity index (χ2n) is 3.54. The van der Waals surface area contributed by atoms with Crippen LogP contribution in [0.1, 0.15) is 24.7 Å². The molecular weight excluding hydrogens is 174 g/mol. The van der Waals surface area contributed by atoms with E-state index in [1.165, 1.54) is 5.69 Å². The zero-order valence-corrected chi connectivity index (χ0v) is 8.62. The normalized spacial score (nSPS) is 11.0. The number of aromatic nitrogens is 2. The number of pyridine rings is 1. The first-order valence-corrected chi connectivity index (χ1v) is 4.96.